The van der Waals surface area contributed by atoms with Gasteiger partial charge in [0.15, 0.2) is 0 Å². The van der Waals surface area contributed by atoms with Gasteiger partial charge in [-0.25, -0.2) is 0 Å². The van der Waals surface area contributed by atoms with Crippen molar-refractivity contribution in [2.75, 3.05) is 13.1 Å². The van der Waals surface area contributed by atoms with E-state index in [0.29, 0.717) is 19.5 Å². The second kappa shape index (κ2) is 8.17. The Kier molecular flexibility index (Phi) is 5.71. The first-order valence-electron chi connectivity index (χ1n) is 9.05. The second-order valence-corrected chi connectivity index (χ2v) is 6.86. The highest BCUT2D eigenvalue weighted by Gasteiger charge is 2.28. The van der Waals surface area contributed by atoms with E-state index in [1.54, 1.807) is 0 Å². The van der Waals surface area contributed by atoms with Crippen LogP contribution in [-0.2, 0) is 22.6 Å². The normalized spacial score (nSPS) is 17.2. The largest absolute Gasteiger partial charge is 0.361 e. The van der Waals surface area contributed by atoms with E-state index in [0.717, 1.165) is 42.0 Å². The minimum atomic E-state index is -0.163. The zero-order valence-corrected chi connectivity index (χ0v) is 15.3. The topological polar surface area (TPSA) is 75.4 Å². The molecule has 1 aromatic heterocycles. The molecular weight excluding hydrogens is 330 g/mol. The Balaban J connectivity index is 1.54. The van der Waals surface area contributed by atoms with Gasteiger partial charge in [0.25, 0.3) is 0 Å². The molecule has 3 rings (SSSR count). The summed E-state index contributed by atoms with van der Waals surface area (Å²) in [5.41, 5.74) is 2.72. The molecule has 2 amide bonds. The molecule has 0 spiro atoms. The zero-order valence-electron chi connectivity index (χ0n) is 15.3. The fraction of sp³-hybridized carbons (Fsp3) is 0.450. The number of rotatable bonds is 5. The molecule has 2 heterocycles. The molecule has 0 saturated carbocycles. The number of nitrogens with zero attached hydrogens (tertiary/aromatic N) is 2. The molecule has 2 aromatic rings. The van der Waals surface area contributed by atoms with Gasteiger partial charge < -0.3 is 14.7 Å². The lowest BCUT2D eigenvalue weighted by molar-refractivity contribution is -0.135. The number of benzene rings is 1. The predicted octanol–water partition coefficient (Wildman–Crippen LogP) is 2.39. The number of nitrogens with one attached hydrogen (secondary N) is 1. The van der Waals surface area contributed by atoms with E-state index < -0.39 is 0 Å². The Morgan fingerprint density at radius 1 is 1.27 bits per heavy atom. The number of likely N-dealkylation sites (tertiary alicyclic amines) is 1. The number of aromatic nitrogens is 1. The van der Waals surface area contributed by atoms with Crippen LogP contribution in [-0.4, -0.2) is 35.0 Å². The Morgan fingerprint density at radius 3 is 2.73 bits per heavy atom. The van der Waals surface area contributed by atoms with Crippen LogP contribution in [0.1, 0.15) is 35.4 Å². The molecule has 26 heavy (non-hydrogen) atoms. The third-order valence-electron chi connectivity index (χ3n) is 4.96. The summed E-state index contributed by atoms with van der Waals surface area (Å²) in [7, 11) is 0. The first-order valence-corrected chi connectivity index (χ1v) is 9.05. The average Bonchev–Trinajstić information content (AvgIpc) is 2.98. The molecule has 1 aromatic carbocycles. The minimum Gasteiger partial charge on any atom is -0.361 e. The highest BCUT2D eigenvalue weighted by molar-refractivity contribution is 5.82. The van der Waals surface area contributed by atoms with Crippen LogP contribution in [0, 0.1) is 19.8 Å². The van der Waals surface area contributed by atoms with Crippen LogP contribution in [0.5, 0.6) is 0 Å². The van der Waals surface area contributed by atoms with Gasteiger partial charge in [-0.15, -0.1) is 0 Å². The number of piperidine rings is 1. The smallest absolute Gasteiger partial charge is 0.227 e. The summed E-state index contributed by atoms with van der Waals surface area (Å²) >= 11 is 0. The molecule has 1 saturated heterocycles. The maximum atomic E-state index is 12.5. The highest BCUT2D eigenvalue weighted by atomic mass is 16.5. The van der Waals surface area contributed by atoms with Gasteiger partial charge in [0, 0.05) is 25.2 Å². The Bertz CT molecular complexity index is 750. The fourth-order valence-corrected chi connectivity index (χ4v) is 3.37. The summed E-state index contributed by atoms with van der Waals surface area (Å²) in [5.74, 6) is 0.636. The van der Waals surface area contributed by atoms with Gasteiger partial charge in [-0.1, -0.05) is 35.5 Å². The fourth-order valence-electron chi connectivity index (χ4n) is 3.37. The highest BCUT2D eigenvalue weighted by Crippen LogP contribution is 2.19. The van der Waals surface area contributed by atoms with Crippen LogP contribution >= 0.6 is 0 Å². The molecule has 138 valence electrons. The molecule has 1 atom stereocenters. The van der Waals surface area contributed by atoms with Gasteiger partial charge in [0.1, 0.15) is 5.76 Å². The zero-order chi connectivity index (χ0) is 18.5. The van der Waals surface area contributed by atoms with Crippen LogP contribution in [0.3, 0.4) is 0 Å². The van der Waals surface area contributed by atoms with Crippen molar-refractivity contribution in [3.63, 3.8) is 0 Å². The molecule has 6 nitrogen and oxygen atoms in total. The molecule has 1 aliphatic rings. The molecule has 1 unspecified atom stereocenters. The van der Waals surface area contributed by atoms with E-state index in [-0.39, 0.29) is 17.7 Å². The molecule has 1 N–H and O–H groups in total. The summed E-state index contributed by atoms with van der Waals surface area (Å²) in [4.78, 5) is 26.9. The average molecular weight is 355 g/mol. The van der Waals surface area contributed by atoms with E-state index >= 15 is 0 Å². The van der Waals surface area contributed by atoms with E-state index in [4.69, 9.17) is 4.52 Å². The molecule has 0 bridgehead atoms. The van der Waals surface area contributed by atoms with Gasteiger partial charge in [-0.3, -0.25) is 9.59 Å². The maximum absolute atomic E-state index is 12.5. The third-order valence-corrected chi connectivity index (χ3v) is 4.96. The van der Waals surface area contributed by atoms with Gasteiger partial charge in [-0.2, -0.15) is 0 Å². The van der Waals surface area contributed by atoms with Gasteiger partial charge in [-0.05, 0) is 32.3 Å². The van der Waals surface area contributed by atoms with E-state index in [9.17, 15) is 9.59 Å². The van der Waals surface area contributed by atoms with E-state index in [1.807, 2.05) is 49.1 Å². The van der Waals surface area contributed by atoms with Gasteiger partial charge in [0.2, 0.25) is 11.8 Å². The Morgan fingerprint density at radius 2 is 2.04 bits per heavy atom. The van der Waals surface area contributed by atoms with Crippen molar-refractivity contribution in [3.05, 3.63) is 52.9 Å². The lowest BCUT2D eigenvalue weighted by Gasteiger charge is -2.32. The molecule has 6 heteroatoms. The summed E-state index contributed by atoms with van der Waals surface area (Å²) in [6, 6.07) is 9.72. The molecule has 1 aliphatic heterocycles. The van der Waals surface area contributed by atoms with Gasteiger partial charge >= 0.3 is 0 Å². The lowest BCUT2D eigenvalue weighted by Crippen LogP contribution is -2.45. The van der Waals surface area contributed by atoms with Crippen molar-refractivity contribution in [1.82, 2.24) is 15.4 Å². The van der Waals surface area contributed by atoms with Gasteiger partial charge in [0.05, 0.1) is 18.0 Å². The number of carbonyl (C=O) groups is 2. The quantitative estimate of drug-likeness (QED) is 0.893. The summed E-state index contributed by atoms with van der Waals surface area (Å²) in [6.45, 7) is 5.32. The maximum Gasteiger partial charge on any atom is 0.227 e. The molecule has 0 radical (unpaired) electrons. The Hall–Kier alpha value is -2.63. The van der Waals surface area contributed by atoms with Crippen molar-refractivity contribution in [2.45, 2.75) is 39.7 Å². The lowest BCUT2D eigenvalue weighted by atomic mass is 9.96. The number of hydrogen-bond acceptors (Lipinski definition) is 4. The van der Waals surface area contributed by atoms with E-state index in [1.165, 1.54) is 0 Å². The van der Waals surface area contributed by atoms with Crippen molar-refractivity contribution in [3.8, 4) is 0 Å². The van der Waals surface area contributed by atoms with E-state index in [2.05, 4.69) is 10.5 Å². The summed E-state index contributed by atoms with van der Waals surface area (Å²) in [6.07, 6.45) is 2.04. The van der Waals surface area contributed by atoms with Crippen molar-refractivity contribution in [2.24, 2.45) is 5.92 Å². The SMILES string of the molecule is Cc1noc(C)c1CNC(=O)C1CCCN(C(=O)Cc2ccccc2)C1. The van der Waals surface area contributed by atoms with Crippen LogP contribution in [0.4, 0.5) is 0 Å². The monoisotopic (exact) mass is 355 g/mol. The first-order chi connectivity index (χ1) is 12.5. The van der Waals surface area contributed by atoms with Crippen molar-refractivity contribution in [1.29, 1.82) is 0 Å². The standard InChI is InChI=1S/C20H25N3O3/c1-14-18(15(2)26-22-14)12-21-20(25)17-9-6-10-23(13-17)19(24)11-16-7-4-3-5-8-16/h3-5,7-8,17H,6,9-13H2,1-2H3,(H,21,25). The third kappa shape index (κ3) is 4.31. The van der Waals surface area contributed by atoms with Crippen molar-refractivity contribution >= 4 is 11.8 Å². The van der Waals surface area contributed by atoms with Crippen LogP contribution in [0.2, 0.25) is 0 Å². The number of hydrogen-bond donors (Lipinski definition) is 1. The van der Waals surface area contributed by atoms with Crippen LogP contribution in [0.25, 0.3) is 0 Å². The number of aryl methyl sites for hydroxylation is 2. The minimum absolute atomic E-state index is 0.0118. The number of carbonyl (C=O) groups excluding carboxylic acids is 2. The summed E-state index contributed by atoms with van der Waals surface area (Å²) in [5, 5.41) is 6.87. The first kappa shape index (κ1) is 18.2. The van der Waals surface area contributed by atoms with Crippen molar-refractivity contribution < 1.29 is 14.1 Å². The second-order valence-electron chi connectivity index (χ2n) is 6.86. The molecule has 1 fully saturated rings. The molecule has 0 aliphatic carbocycles. The van der Waals surface area contributed by atoms with Crippen LogP contribution in [0.15, 0.2) is 34.9 Å². The number of amides is 2. The van der Waals surface area contributed by atoms with Crippen LogP contribution < -0.4 is 5.32 Å². The Labute approximate surface area is 153 Å². The predicted molar refractivity (Wildman–Crippen MR) is 97.3 cm³/mol. The molecular formula is C20H25N3O3. The summed E-state index contributed by atoms with van der Waals surface area (Å²) < 4.78 is 5.12.